The van der Waals surface area contributed by atoms with Crippen molar-refractivity contribution >= 4 is 0 Å². The van der Waals surface area contributed by atoms with Crippen LogP contribution in [0, 0.1) is 0 Å². The van der Waals surface area contributed by atoms with E-state index in [1.165, 1.54) is 38.5 Å². The third-order valence-corrected chi connectivity index (χ3v) is 4.35. The van der Waals surface area contributed by atoms with Crippen molar-refractivity contribution in [2.45, 2.75) is 83.3 Å². The minimum absolute atomic E-state index is 0.364. The van der Waals surface area contributed by atoms with Crippen LogP contribution in [0.5, 0.6) is 0 Å². The molecule has 1 fully saturated rings. The fraction of sp³-hybridized carbons (Fsp3) is 1.00. The van der Waals surface area contributed by atoms with Crippen LogP contribution in [0.15, 0.2) is 0 Å². The third kappa shape index (κ3) is 5.39. The van der Waals surface area contributed by atoms with Crippen molar-refractivity contribution in [3.8, 4) is 0 Å². The number of rotatable bonds is 7. The molecule has 1 rings (SSSR count). The van der Waals surface area contributed by atoms with E-state index in [0.717, 1.165) is 25.8 Å². The van der Waals surface area contributed by atoms with E-state index in [-0.39, 0.29) is 5.60 Å². The average Bonchev–Trinajstić information content (AvgIpc) is 2.29. The van der Waals surface area contributed by atoms with Crippen molar-refractivity contribution in [2.24, 2.45) is 0 Å². The van der Waals surface area contributed by atoms with Gasteiger partial charge in [0.05, 0.1) is 5.60 Å². The van der Waals surface area contributed by atoms with Gasteiger partial charge in [0, 0.05) is 12.6 Å². The van der Waals surface area contributed by atoms with Gasteiger partial charge in [0.1, 0.15) is 0 Å². The summed E-state index contributed by atoms with van der Waals surface area (Å²) in [5, 5.41) is 10.5. The first kappa shape index (κ1) is 15.0. The van der Waals surface area contributed by atoms with Crippen LogP contribution in [0.1, 0.15) is 71.6 Å². The Kier molecular flexibility index (Phi) is 6.50. The first-order valence-corrected chi connectivity index (χ1v) is 7.50. The topological polar surface area (TPSA) is 23.5 Å². The minimum Gasteiger partial charge on any atom is -0.390 e. The van der Waals surface area contributed by atoms with Crippen molar-refractivity contribution in [3.05, 3.63) is 0 Å². The lowest BCUT2D eigenvalue weighted by Gasteiger charge is -2.41. The van der Waals surface area contributed by atoms with Gasteiger partial charge >= 0.3 is 0 Å². The van der Waals surface area contributed by atoms with E-state index >= 15 is 0 Å². The van der Waals surface area contributed by atoms with Gasteiger partial charge in [-0.25, -0.2) is 0 Å². The maximum atomic E-state index is 10.5. The largest absolute Gasteiger partial charge is 0.390 e. The van der Waals surface area contributed by atoms with Crippen molar-refractivity contribution in [1.29, 1.82) is 0 Å². The fourth-order valence-electron chi connectivity index (χ4n) is 2.87. The summed E-state index contributed by atoms with van der Waals surface area (Å²) in [7, 11) is 2.16. The number of nitrogens with zero attached hydrogens (tertiary/aromatic N) is 1. The van der Waals surface area contributed by atoms with Crippen LogP contribution in [0.2, 0.25) is 0 Å². The van der Waals surface area contributed by atoms with Gasteiger partial charge in [-0.1, -0.05) is 45.4 Å². The lowest BCUT2D eigenvalue weighted by atomic mass is 9.83. The van der Waals surface area contributed by atoms with Crippen molar-refractivity contribution in [3.63, 3.8) is 0 Å². The lowest BCUT2D eigenvalue weighted by molar-refractivity contribution is -0.0434. The van der Waals surface area contributed by atoms with E-state index in [4.69, 9.17) is 0 Å². The molecule has 17 heavy (non-hydrogen) atoms. The Morgan fingerprint density at radius 1 is 1.18 bits per heavy atom. The van der Waals surface area contributed by atoms with E-state index < -0.39 is 0 Å². The van der Waals surface area contributed by atoms with Crippen LogP contribution in [-0.2, 0) is 0 Å². The fourth-order valence-corrected chi connectivity index (χ4v) is 2.87. The van der Waals surface area contributed by atoms with Gasteiger partial charge in [0.15, 0.2) is 0 Å². The number of unbranched alkanes of at least 4 members (excludes halogenated alkanes) is 5. The molecule has 0 aliphatic carbocycles. The average molecular weight is 241 g/mol. The number of likely N-dealkylation sites (tertiary alicyclic amines) is 1. The molecule has 2 unspecified atom stereocenters. The zero-order chi connectivity index (χ0) is 12.7. The second-order valence-electron chi connectivity index (χ2n) is 6.03. The molecule has 1 aliphatic rings. The van der Waals surface area contributed by atoms with Crippen LogP contribution in [0.4, 0.5) is 0 Å². The molecule has 0 amide bonds. The second kappa shape index (κ2) is 7.38. The van der Waals surface area contributed by atoms with Crippen LogP contribution in [-0.4, -0.2) is 35.2 Å². The molecule has 0 radical (unpaired) electrons. The van der Waals surface area contributed by atoms with Gasteiger partial charge in [0.2, 0.25) is 0 Å². The van der Waals surface area contributed by atoms with Crippen LogP contribution in [0.3, 0.4) is 0 Å². The molecular formula is C15H31NO. The summed E-state index contributed by atoms with van der Waals surface area (Å²) in [6, 6.07) is 0.536. The minimum atomic E-state index is -0.364. The summed E-state index contributed by atoms with van der Waals surface area (Å²) in [5.41, 5.74) is -0.364. The normalized spacial score (nSPS) is 30.7. The molecule has 0 aromatic carbocycles. The molecule has 1 heterocycles. The molecule has 1 aliphatic heterocycles. The molecule has 2 atom stereocenters. The second-order valence-corrected chi connectivity index (χ2v) is 6.03. The summed E-state index contributed by atoms with van der Waals surface area (Å²) < 4.78 is 0. The van der Waals surface area contributed by atoms with Gasteiger partial charge in [-0.3, -0.25) is 0 Å². The third-order valence-electron chi connectivity index (χ3n) is 4.35. The van der Waals surface area contributed by atoms with E-state index in [1.807, 2.05) is 0 Å². The van der Waals surface area contributed by atoms with Crippen molar-refractivity contribution in [1.82, 2.24) is 4.90 Å². The monoisotopic (exact) mass is 241 g/mol. The van der Waals surface area contributed by atoms with Gasteiger partial charge in [-0.15, -0.1) is 0 Å². The van der Waals surface area contributed by atoms with E-state index in [2.05, 4.69) is 25.8 Å². The zero-order valence-electron chi connectivity index (χ0n) is 12.0. The predicted octanol–water partition coefficient (Wildman–Crippen LogP) is 3.58. The molecular weight excluding hydrogens is 210 g/mol. The summed E-state index contributed by atoms with van der Waals surface area (Å²) in [6.07, 6.45) is 10.8. The molecule has 0 bridgehead atoms. The van der Waals surface area contributed by atoms with Gasteiger partial charge in [-0.2, -0.15) is 0 Å². The highest BCUT2D eigenvalue weighted by atomic mass is 16.3. The Hall–Kier alpha value is -0.0800. The Bertz CT molecular complexity index is 207. The molecule has 2 heteroatoms. The number of aliphatic hydroxyl groups is 1. The number of piperidine rings is 1. The SMILES string of the molecule is CCCCCCCCC1(O)CCN(C)C(C)C1. The quantitative estimate of drug-likeness (QED) is 0.689. The zero-order valence-corrected chi connectivity index (χ0v) is 12.0. The highest BCUT2D eigenvalue weighted by molar-refractivity contribution is 4.88. The van der Waals surface area contributed by atoms with Gasteiger partial charge in [0.25, 0.3) is 0 Å². The van der Waals surface area contributed by atoms with E-state index in [0.29, 0.717) is 6.04 Å². The molecule has 102 valence electrons. The molecule has 1 N–H and O–H groups in total. The van der Waals surface area contributed by atoms with Gasteiger partial charge < -0.3 is 10.0 Å². The highest BCUT2D eigenvalue weighted by Gasteiger charge is 2.34. The van der Waals surface area contributed by atoms with Crippen LogP contribution < -0.4 is 0 Å². The van der Waals surface area contributed by atoms with E-state index in [1.54, 1.807) is 0 Å². The predicted molar refractivity (Wildman–Crippen MR) is 74.3 cm³/mol. The Morgan fingerprint density at radius 3 is 2.47 bits per heavy atom. The van der Waals surface area contributed by atoms with Crippen LogP contribution >= 0.6 is 0 Å². The van der Waals surface area contributed by atoms with E-state index in [9.17, 15) is 5.11 Å². The Balaban J connectivity index is 2.13. The molecule has 0 aromatic rings. The molecule has 0 saturated carbocycles. The smallest absolute Gasteiger partial charge is 0.0674 e. The van der Waals surface area contributed by atoms with Crippen LogP contribution in [0.25, 0.3) is 0 Å². The summed E-state index contributed by atoms with van der Waals surface area (Å²) in [4.78, 5) is 2.36. The molecule has 0 spiro atoms. The Labute approximate surface area is 107 Å². The first-order valence-electron chi connectivity index (χ1n) is 7.50. The van der Waals surface area contributed by atoms with Crippen molar-refractivity contribution in [2.75, 3.05) is 13.6 Å². The van der Waals surface area contributed by atoms with Gasteiger partial charge in [-0.05, 0) is 33.2 Å². The number of hydrogen-bond donors (Lipinski definition) is 1. The summed E-state index contributed by atoms with van der Waals surface area (Å²) in [6.45, 7) is 5.53. The maximum Gasteiger partial charge on any atom is 0.0674 e. The highest BCUT2D eigenvalue weighted by Crippen LogP contribution is 2.30. The Morgan fingerprint density at radius 2 is 1.82 bits per heavy atom. The first-order chi connectivity index (χ1) is 8.07. The molecule has 1 saturated heterocycles. The maximum absolute atomic E-state index is 10.5. The summed E-state index contributed by atoms with van der Waals surface area (Å²) >= 11 is 0. The lowest BCUT2D eigenvalue weighted by Crippen LogP contribution is -2.47. The number of hydrogen-bond acceptors (Lipinski definition) is 2. The standard InChI is InChI=1S/C15H31NO/c1-4-5-6-7-8-9-10-15(17)11-12-16(3)14(2)13-15/h14,17H,4-13H2,1-3H3. The molecule has 2 nitrogen and oxygen atoms in total. The van der Waals surface area contributed by atoms with Crippen molar-refractivity contribution < 1.29 is 5.11 Å². The summed E-state index contributed by atoms with van der Waals surface area (Å²) in [5.74, 6) is 0. The molecule has 0 aromatic heterocycles.